The average molecular weight is 273 g/mol. The van der Waals surface area contributed by atoms with E-state index in [1.807, 2.05) is 0 Å². The van der Waals surface area contributed by atoms with Crippen molar-refractivity contribution in [3.05, 3.63) is 28.5 Å². The Hall–Kier alpha value is -0.520. The maximum absolute atomic E-state index is 13.3. The number of phenolic OH excluding ortho intramolecular Hbond substituents is 1. The minimum Gasteiger partial charge on any atom is -0.508 e. The Bertz CT molecular complexity index is 473. The molecule has 0 saturated heterocycles. The molecule has 0 atom stereocenters. The highest BCUT2D eigenvalue weighted by molar-refractivity contribution is 8.13. The predicted octanol–water partition coefficient (Wildman–Crippen LogP) is 2.30. The van der Waals surface area contributed by atoms with Gasteiger partial charge in [-0.2, -0.15) is 0 Å². The van der Waals surface area contributed by atoms with Crippen LogP contribution < -0.4 is 0 Å². The van der Waals surface area contributed by atoms with E-state index in [0.29, 0.717) is 0 Å². The first-order chi connectivity index (χ1) is 6.81. The number of halogens is 3. The van der Waals surface area contributed by atoms with Gasteiger partial charge in [0, 0.05) is 16.2 Å². The Morgan fingerprint density at radius 3 is 2.53 bits per heavy atom. The summed E-state index contributed by atoms with van der Waals surface area (Å²) in [7, 11) is 1.25. The van der Waals surface area contributed by atoms with E-state index in [0.717, 1.165) is 0 Å². The van der Waals surface area contributed by atoms with Crippen molar-refractivity contribution in [2.45, 2.75) is 6.42 Å². The normalized spacial score (nSPS) is 11.7. The van der Waals surface area contributed by atoms with Crippen molar-refractivity contribution >= 4 is 31.3 Å². The maximum Gasteiger partial charge on any atom is 0.232 e. The molecule has 0 unspecified atom stereocenters. The molecule has 0 aliphatic rings. The van der Waals surface area contributed by atoms with Gasteiger partial charge in [-0.1, -0.05) is 11.6 Å². The third kappa shape index (κ3) is 3.52. The molecule has 0 saturated carbocycles. The van der Waals surface area contributed by atoms with Gasteiger partial charge in [-0.25, -0.2) is 12.8 Å². The second kappa shape index (κ2) is 4.55. The molecule has 15 heavy (non-hydrogen) atoms. The summed E-state index contributed by atoms with van der Waals surface area (Å²) < 4.78 is 34.6. The van der Waals surface area contributed by atoms with Crippen LogP contribution in [0.25, 0.3) is 0 Å². The standard InChI is InChI=1S/C8H7Cl2FO3S/c9-6-1-2-7(12)5(8(6)11)3-4-15(10,13)14/h1-2,12H,3-4H2. The van der Waals surface area contributed by atoms with Crippen LogP contribution in [0.1, 0.15) is 5.56 Å². The number of hydrogen-bond donors (Lipinski definition) is 1. The van der Waals surface area contributed by atoms with E-state index < -0.39 is 20.6 Å². The zero-order valence-electron chi connectivity index (χ0n) is 7.37. The highest BCUT2D eigenvalue weighted by atomic mass is 35.7. The van der Waals surface area contributed by atoms with Crippen LogP contribution in [0, 0.1) is 5.82 Å². The van der Waals surface area contributed by atoms with Crippen LogP contribution >= 0.6 is 22.3 Å². The lowest BCUT2D eigenvalue weighted by molar-refractivity contribution is 0.460. The number of benzene rings is 1. The second-order valence-electron chi connectivity index (χ2n) is 2.85. The summed E-state index contributed by atoms with van der Waals surface area (Å²) in [6.45, 7) is 0. The molecule has 0 bridgehead atoms. The molecule has 7 heteroatoms. The summed E-state index contributed by atoms with van der Waals surface area (Å²) in [4.78, 5) is 0. The summed E-state index contributed by atoms with van der Waals surface area (Å²) in [5, 5.41) is 9.10. The monoisotopic (exact) mass is 272 g/mol. The van der Waals surface area contributed by atoms with Gasteiger partial charge in [0.25, 0.3) is 0 Å². The van der Waals surface area contributed by atoms with Crippen LogP contribution in [0.2, 0.25) is 5.02 Å². The van der Waals surface area contributed by atoms with Crippen LogP contribution in [0.15, 0.2) is 12.1 Å². The molecular formula is C8H7Cl2FO3S. The van der Waals surface area contributed by atoms with E-state index in [2.05, 4.69) is 0 Å². The molecule has 0 aliphatic carbocycles. The van der Waals surface area contributed by atoms with Gasteiger partial charge in [0.1, 0.15) is 11.6 Å². The van der Waals surface area contributed by atoms with Crippen LogP contribution in [0.5, 0.6) is 5.75 Å². The van der Waals surface area contributed by atoms with Gasteiger partial charge in [-0.05, 0) is 18.6 Å². The van der Waals surface area contributed by atoms with Gasteiger partial charge in [0.2, 0.25) is 9.05 Å². The van der Waals surface area contributed by atoms with E-state index in [4.69, 9.17) is 22.3 Å². The molecule has 0 aromatic heterocycles. The van der Waals surface area contributed by atoms with Crippen LogP contribution in [-0.4, -0.2) is 19.3 Å². The van der Waals surface area contributed by atoms with E-state index in [1.165, 1.54) is 12.1 Å². The molecule has 0 amide bonds. The average Bonchev–Trinajstić information content (AvgIpc) is 2.10. The third-order valence-corrected chi connectivity index (χ3v) is 3.21. The van der Waals surface area contributed by atoms with E-state index in [1.54, 1.807) is 0 Å². The Morgan fingerprint density at radius 1 is 1.40 bits per heavy atom. The van der Waals surface area contributed by atoms with Gasteiger partial charge in [0.05, 0.1) is 10.8 Å². The molecule has 84 valence electrons. The Morgan fingerprint density at radius 2 is 2.00 bits per heavy atom. The van der Waals surface area contributed by atoms with Crippen molar-refractivity contribution < 1.29 is 17.9 Å². The number of rotatable bonds is 3. The van der Waals surface area contributed by atoms with Gasteiger partial charge in [0.15, 0.2) is 0 Å². The quantitative estimate of drug-likeness (QED) is 0.860. The van der Waals surface area contributed by atoms with Crippen molar-refractivity contribution in [2.75, 3.05) is 5.75 Å². The molecule has 0 radical (unpaired) electrons. The van der Waals surface area contributed by atoms with Crippen molar-refractivity contribution in [1.82, 2.24) is 0 Å². The van der Waals surface area contributed by atoms with E-state index in [9.17, 15) is 17.9 Å². The van der Waals surface area contributed by atoms with E-state index in [-0.39, 0.29) is 22.8 Å². The summed E-state index contributed by atoms with van der Waals surface area (Å²) in [5.41, 5.74) is -0.147. The van der Waals surface area contributed by atoms with Crippen LogP contribution in [0.4, 0.5) is 4.39 Å². The third-order valence-electron chi connectivity index (χ3n) is 1.77. The van der Waals surface area contributed by atoms with Gasteiger partial charge < -0.3 is 5.11 Å². The fourth-order valence-electron chi connectivity index (χ4n) is 1.04. The fourth-order valence-corrected chi connectivity index (χ4v) is 1.90. The van der Waals surface area contributed by atoms with Crippen molar-refractivity contribution in [2.24, 2.45) is 0 Å². The summed E-state index contributed by atoms with van der Waals surface area (Å²) in [5.74, 6) is -1.62. The van der Waals surface area contributed by atoms with Gasteiger partial charge >= 0.3 is 0 Å². The van der Waals surface area contributed by atoms with Crippen molar-refractivity contribution in [1.29, 1.82) is 0 Å². The van der Waals surface area contributed by atoms with E-state index >= 15 is 0 Å². The lowest BCUT2D eigenvalue weighted by Crippen LogP contribution is -2.03. The zero-order chi connectivity index (χ0) is 11.6. The molecule has 0 spiro atoms. The second-order valence-corrected chi connectivity index (χ2v) is 6.16. The Balaban J connectivity index is 2.99. The maximum atomic E-state index is 13.3. The molecule has 1 aromatic rings. The van der Waals surface area contributed by atoms with Crippen LogP contribution in [0.3, 0.4) is 0 Å². The fraction of sp³-hybridized carbons (Fsp3) is 0.250. The number of phenols is 1. The first-order valence-corrected chi connectivity index (χ1v) is 6.75. The molecular weight excluding hydrogens is 266 g/mol. The van der Waals surface area contributed by atoms with Gasteiger partial charge in [-0.3, -0.25) is 0 Å². The predicted molar refractivity (Wildman–Crippen MR) is 56.4 cm³/mol. The first-order valence-electron chi connectivity index (χ1n) is 3.89. The molecule has 1 N–H and O–H groups in total. The van der Waals surface area contributed by atoms with Crippen molar-refractivity contribution in [3.8, 4) is 5.75 Å². The zero-order valence-corrected chi connectivity index (χ0v) is 9.70. The Labute approximate surface area is 95.9 Å². The molecule has 3 nitrogen and oxygen atoms in total. The first kappa shape index (κ1) is 12.5. The lowest BCUT2D eigenvalue weighted by atomic mass is 10.1. The SMILES string of the molecule is O=S(=O)(Cl)CCc1c(O)ccc(Cl)c1F. The summed E-state index contributed by atoms with van der Waals surface area (Å²) in [6, 6.07) is 2.38. The number of aromatic hydroxyl groups is 1. The minimum absolute atomic E-state index is 0.147. The molecule has 0 fully saturated rings. The van der Waals surface area contributed by atoms with Crippen molar-refractivity contribution in [3.63, 3.8) is 0 Å². The largest absolute Gasteiger partial charge is 0.508 e. The molecule has 0 aliphatic heterocycles. The highest BCUT2D eigenvalue weighted by Gasteiger charge is 2.14. The van der Waals surface area contributed by atoms with Crippen LogP contribution in [-0.2, 0) is 15.5 Å². The van der Waals surface area contributed by atoms with Gasteiger partial charge in [-0.15, -0.1) is 0 Å². The highest BCUT2D eigenvalue weighted by Crippen LogP contribution is 2.27. The molecule has 0 heterocycles. The molecule has 1 aromatic carbocycles. The summed E-state index contributed by atoms with van der Waals surface area (Å²) >= 11 is 5.47. The Kier molecular flexibility index (Phi) is 3.81. The lowest BCUT2D eigenvalue weighted by Gasteiger charge is -2.05. The summed E-state index contributed by atoms with van der Waals surface area (Å²) in [6.07, 6.45) is -0.218. The smallest absolute Gasteiger partial charge is 0.232 e. The molecule has 1 rings (SSSR count). The topological polar surface area (TPSA) is 54.4 Å². The minimum atomic E-state index is -3.72. The number of hydrogen-bond acceptors (Lipinski definition) is 3.